The zero-order valence-corrected chi connectivity index (χ0v) is 17.6. The number of nitrogens with zero attached hydrogens (tertiary/aromatic N) is 2. The highest BCUT2D eigenvalue weighted by molar-refractivity contribution is 5.98. The summed E-state index contributed by atoms with van der Waals surface area (Å²) in [6.45, 7) is 1.29. The van der Waals surface area contributed by atoms with Crippen molar-refractivity contribution in [3.05, 3.63) is 70.5 Å². The Kier molecular flexibility index (Phi) is 7.08. The van der Waals surface area contributed by atoms with E-state index in [4.69, 9.17) is 4.84 Å². The number of aromatic amines is 1. The van der Waals surface area contributed by atoms with Gasteiger partial charge in [-0.15, -0.1) is 0 Å². The summed E-state index contributed by atoms with van der Waals surface area (Å²) < 4.78 is 0. The molecule has 0 bridgehead atoms. The first kappa shape index (κ1) is 21.5. The lowest BCUT2D eigenvalue weighted by Crippen LogP contribution is -2.26. The van der Waals surface area contributed by atoms with Crippen molar-refractivity contribution in [1.82, 2.24) is 21.0 Å². The molecular weight excluding hydrogens is 408 g/mol. The first-order valence-electron chi connectivity index (χ1n) is 10.7. The summed E-state index contributed by atoms with van der Waals surface area (Å²) in [7, 11) is 0. The number of benzene rings is 2. The van der Waals surface area contributed by atoms with Crippen molar-refractivity contribution in [2.45, 2.75) is 31.9 Å². The molecule has 32 heavy (non-hydrogen) atoms. The third-order valence-electron chi connectivity index (χ3n) is 5.14. The van der Waals surface area contributed by atoms with Gasteiger partial charge in [0.1, 0.15) is 0 Å². The predicted molar refractivity (Wildman–Crippen MR) is 123 cm³/mol. The summed E-state index contributed by atoms with van der Waals surface area (Å²) in [4.78, 5) is 33.8. The molecule has 1 atom stereocenters. The first-order chi connectivity index (χ1) is 15.7. The summed E-state index contributed by atoms with van der Waals surface area (Å²) in [5.74, 6) is 1.33. The molecule has 1 amide bonds. The third-order valence-corrected chi connectivity index (χ3v) is 5.14. The maximum Gasteiger partial charge on any atom is 0.272 e. The minimum absolute atomic E-state index is 0.0155. The van der Waals surface area contributed by atoms with E-state index in [1.165, 1.54) is 0 Å². The molecule has 0 spiro atoms. The number of hydrogen-bond donors (Lipinski definition) is 4. The van der Waals surface area contributed by atoms with Crippen molar-refractivity contribution >= 4 is 28.3 Å². The van der Waals surface area contributed by atoms with Crippen LogP contribution in [0.25, 0.3) is 10.8 Å². The molecule has 9 heteroatoms. The first-order valence-corrected chi connectivity index (χ1v) is 10.7. The molecule has 0 aliphatic carbocycles. The average molecular weight is 435 g/mol. The average Bonchev–Trinajstić information content (AvgIpc) is 3.31. The highest BCUT2D eigenvalue weighted by atomic mass is 16.7. The number of amides is 1. The molecule has 2 aromatic carbocycles. The second kappa shape index (κ2) is 10.5. The van der Waals surface area contributed by atoms with Gasteiger partial charge in [0.15, 0.2) is 17.9 Å². The molecule has 3 aromatic rings. The van der Waals surface area contributed by atoms with Crippen molar-refractivity contribution in [3.8, 4) is 0 Å². The van der Waals surface area contributed by atoms with Crippen LogP contribution in [0.5, 0.6) is 0 Å². The number of carbonyl (C=O) groups excluding carboxylic acids is 1. The van der Waals surface area contributed by atoms with E-state index < -0.39 is 0 Å². The minimum Gasteiger partial charge on any atom is -0.368 e. The van der Waals surface area contributed by atoms with Gasteiger partial charge in [-0.3, -0.25) is 9.59 Å². The minimum atomic E-state index is -0.361. The molecule has 4 N–H and O–H groups in total. The van der Waals surface area contributed by atoms with Crippen molar-refractivity contribution < 1.29 is 9.63 Å². The molecule has 4 rings (SSSR count). The fourth-order valence-electron chi connectivity index (χ4n) is 3.45. The quantitative estimate of drug-likeness (QED) is 0.364. The van der Waals surface area contributed by atoms with Crippen molar-refractivity contribution in [2.24, 2.45) is 4.99 Å². The van der Waals surface area contributed by atoms with Crippen molar-refractivity contribution in [2.75, 3.05) is 18.4 Å². The lowest BCUT2D eigenvalue weighted by molar-refractivity contribution is -0.121. The number of rotatable bonds is 10. The smallest absolute Gasteiger partial charge is 0.272 e. The van der Waals surface area contributed by atoms with Gasteiger partial charge >= 0.3 is 0 Å². The van der Waals surface area contributed by atoms with Crippen LogP contribution in [0, 0.1) is 0 Å². The van der Waals surface area contributed by atoms with Crippen LogP contribution in [0.2, 0.25) is 0 Å². The zero-order valence-electron chi connectivity index (χ0n) is 17.6. The number of amidine groups is 1. The topological polar surface area (TPSA) is 120 Å². The summed E-state index contributed by atoms with van der Waals surface area (Å²) in [6, 6.07) is 17.1. The maximum absolute atomic E-state index is 12.1. The van der Waals surface area contributed by atoms with Crippen LogP contribution in [0.1, 0.15) is 31.2 Å². The SMILES string of the molecule is O=C(CCC1N=C(c2ccccc2)NO1)NCCCCNc1n[nH]c(=O)c2ccccc12. The Balaban J connectivity index is 1.12. The number of hydrogen-bond acceptors (Lipinski definition) is 7. The van der Waals surface area contributed by atoms with Crippen LogP contribution in [0.3, 0.4) is 0 Å². The molecule has 1 aromatic heterocycles. The fourth-order valence-corrected chi connectivity index (χ4v) is 3.45. The van der Waals surface area contributed by atoms with Crippen LogP contribution >= 0.6 is 0 Å². The summed E-state index contributed by atoms with van der Waals surface area (Å²) >= 11 is 0. The second-order valence-electron chi connectivity index (χ2n) is 7.49. The molecule has 0 saturated carbocycles. The van der Waals surface area contributed by atoms with E-state index in [9.17, 15) is 9.59 Å². The Bertz CT molecular complexity index is 1150. The number of aromatic nitrogens is 2. The van der Waals surface area contributed by atoms with E-state index in [0.717, 1.165) is 23.8 Å². The monoisotopic (exact) mass is 434 g/mol. The van der Waals surface area contributed by atoms with E-state index in [1.54, 1.807) is 6.07 Å². The summed E-state index contributed by atoms with van der Waals surface area (Å²) in [5, 5.41) is 14.2. The Hall–Kier alpha value is -3.72. The molecule has 9 nitrogen and oxygen atoms in total. The molecule has 2 heterocycles. The van der Waals surface area contributed by atoms with E-state index in [-0.39, 0.29) is 17.7 Å². The van der Waals surface area contributed by atoms with E-state index in [1.807, 2.05) is 48.5 Å². The third kappa shape index (κ3) is 5.50. The summed E-state index contributed by atoms with van der Waals surface area (Å²) in [6.07, 6.45) is 2.19. The molecular formula is C23H26N6O3. The number of nitrogens with one attached hydrogen (secondary N) is 4. The Morgan fingerprint density at radius 1 is 1.00 bits per heavy atom. The lowest BCUT2D eigenvalue weighted by atomic mass is 10.2. The Labute approximate surface area is 185 Å². The van der Waals surface area contributed by atoms with E-state index in [2.05, 4.69) is 31.3 Å². The standard InChI is InChI=1S/C23H26N6O3/c30-19(12-13-20-26-21(29-32-20)16-8-2-1-3-9-16)24-14-6-7-15-25-22-17-10-4-5-11-18(17)23(31)28-27-22/h1-5,8-11,20H,6-7,12-15H2,(H,24,30)(H,25,27)(H,26,29)(H,28,31). The summed E-state index contributed by atoms with van der Waals surface area (Å²) in [5.41, 5.74) is 3.58. The van der Waals surface area contributed by atoms with Crippen LogP contribution in [-0.2, 0) is 9.63 Å². The van der Waals surface area contributed by atoms with E-state index >= 15 is 0 Å². The molecule has 0 saturated heterocycles. The number of fused-ring (bicyclic) bond motifs is 1. The number of anilines is 1. The molecule has 1 aliphatic rings. The van der Waals surface area contributed by atoms with Gasteiger partial charge in [-0.05, 0) is 18.9 Å². The predicted octanol–water partition coefficient (Wildman–Crippen LogP) is 2.32. The van der Waals surface area contributed by atoms with Crippen LogP contribution in [-0.4, -0.2) is 41.3 Å². The largest absolute Gasteiger partial charge is 0.368 e. The van der Waals surface area contributed by atoms with Gasteiger partial charge < -0.3 is 10.6 Å². The van der Waals surface area contributed by atoms with Gasteiger partial charge in [-0.2, -0.15) is 5.10 Å². The van der Waals surface area contributed by atoms with Crippen molar-refractivity contribution in [1.29, 1.82) is 0 Å². The lowest BCUT2D eigenvalue weighted by Gasteiger charge is -2.09. The van der Waals surface area contributed by atoms with Gasteiger partial charge in [0.25, 0.3) is 5.56 Å². The normalized spacial score (nSPS) is 15.2. The van der Waals surface area contributed by atoms with Gasteiger partial charge in [-0.1, -0.05) is 48.5 Å². The number of carbonyl (C=O) groups is 1. The van der Waals surface area contributed by atoms with Crippen LogP contribution in [0.4, 0.5) is 5.82 Å². The highest BCUT2D eigenvalue weighted by Crippen LogP contribution is 2.16. The Morgan fingerprint density at radius 3 is 2.59 bits per heavy atom. The number of H-pyrrole nitrogens is 1. The van der Waals surface area contributed by atoms with E-state index in [0.29, 0.717) is 43.0 Å². The van der Waals surface area contributed by atoms with Gasteiger partial charge in [0.05, 0.1) is 5.39 Å². The zero-order chi connectivity index (χ0) is 22.2. The number of aliphatic imine (C=N–C) groups is 1. The van der Waals surface area contributed by atoms with Crippen molar-refractivity contribution in [3.63, 3.8) is 0 Å². The van der Waals surface area contributed by atoms with Crippen LogP contribution < -0.4 is 21.7 Å². The molecule has 0 radical (unpaired) electrons. The molecule has 0 fully saturated rings. The maximum atomic E-state index is 12.1. The Morgan fingerprint density at radius 2 is 1.75 bits per heavy atom. The van der Waals surface area contributed by atoms with Gasteiger partial charge in [-0.25, -0.2) is 20.4 Å². The van der Waals surface area contributed by atoms with Crippen LogP contribution in [0.15, 0.2) is 64.4 Å². The molecule has 1 unspecified atom stereocenters. The number of hydroxylamine groups is 1. The second-order valence-corrected chi connectivity index (χ2v) is 7.49. The molecule has 1 aliphatic heterocycles. The highest BCUT2D eigenvalue weighted by Gasteiger charge is 2.19. The van der Waals surface area contributed by atoms with Gasteiger partial charge in [0.2, 0.25) is 5.91 Å². The number of unbranched alkanes of at least 4 members (excludes halogenated alkanes) is 1. The van der Waals surface area contributed by atoms with Gasteiger partial charge in [0, 0.05) is 36.9 Å². The molecule has 166 valence electrons. The fraction of sp³-hybridized carbons (Fsp3) is 0.304.